The van der Waals surface area contributed by atoms with Crippen molar-refractivity contribution in [3.05, 3.63) is 36.7 Å². The van der Waals surface area contributed by atoms with Crippen molar-refractivity contribution in [2.75, 3.05) is 6.61 Å². The molecule has 0 saturated heterocycles. The zero-order chi connectivity index (χ0) is 13.0. The van der Waals surface area contributed by atoms with Gasteiger partial charge < -0.3 is 14.9 Å². The predicted octanol–water partition coefficient (Wildman–Crippen LogP) is 1.31. The maximum atomic E-state index is 10.3. The molecule has 0 radical (unpaired) electrons. The summed E-state index contributed by atoms with van der Waals surface area (Å²) in [4.78, 5) is 18.4. The Morgan fingerprint density at radius 1 is 1.17 bits per heavy atom. The van der Waals surface area contributed by atoms with Crippen LogP contribution in [0.4, 0.5) is 0 Å². The number of aromatic nitrogens is 2. The SMILES string of the molecule is O=C(O)COc1cnc(-c2ccc(O)cc2)nc1. The van der Waals surface area contributed by atoms with E-state index in [1.807, 2.05) is 0 Å². The highest BCUT2D eigenvalue weighted by atomic mass is 16.5. The summed E-state index contributed by atoms with van der Waals surface area (Å²) < 4.78 is 4.91. The van der Waals surface area contributed by atoms with Gasteiger partial charge in [-0.15, -0.1) is 0 Å². The largest absolute Gasteiger partial charge is 0.508 e. The summed E-state index contributed by atoms with van der Waals surface area (Å²) in [7, 11) is 0. The number of hydrogen-bond acceptors (Lipinski definition) is 5. The van der Waals surface area contributed by atoms with Gasteiger partial charge in [0, 0.05) is 5.56 Å². The quantitative estimate of drug-likeness (QED) is 0.845. The first-order valence-electron chi connectivity index (χ1n) is 5.11. The van der Waals surface area contributed by atoms with E-state index >= 15 is 0 Å². The number of benzene rings is 1. The van der Waals surface area contributed by atoms with Crippen molar-refractivity contribution >= 4 is 5.97 Å². The highest BCUT2D eigenvalue weighted by molar-refractivity contribution is 5.68. The molecule has 0 spiro atoms. The first-order valence-corrected chi connectivity index (χ1v) is 5.11. The lowest BCUT2D eigenvalue weighted by Crippen LogP contribution is -2.09. The van der Waals surface area contributed by atoms with Gasteiger partial charge in [-0.05, 0) is 24.3 Å². The third-order valence-corrected chi connectivity index (χ3v) is 2.12. The van der Waals surface area contributed by atoms with Gasteiger partial charge in [-0.2, -0.15) is 0 Å². The second-order valence-corrected chi connectivity index (χ2v) is 3.47. The van der Waals surface area contributed by atoms with Gasteiger partial charge in [0.05, 0.1) is 12.4 Å². The molecule has 18 heavy (non-hydrogen) atoms. The van der Waals surface area contributed by atoms with Crippen LogP contribution in [0.15, 0.2) is 36.7 Å². The molecule has 0 bridgehead atoms. The molecule has 92 valence electrons. The topological polar surface area (TPSA) is 92.5 Å². The van der Waals surface area contributed by atoms with Crippen molar-refractivity contribution in [1.82, 2.24) is 9.97 Å². The molecule has 1 aromatic carbocycles. The van der Waals surface area contributed by atoms with Gasteiger partial charge in [0.2, 0.25) is 0 Å². The Labute approximate surface area is 103 Å². The second-order valence-electron chi connectivity index (χ2n) is 3.47. The van der Waals surface area contributed by atoms with Crippen LogP contribution in [0.5, 0.6) is 11.5 Å². The lowest BCUT2D eigenvalue weighted by molar-refractivity contribution is -0.139. The van der Waals surface area contributed by atoms with Gasteiger partial charge in [-0.1, -0.05) is 0 Å². The molecule has 0 saturated carbocycles. The molecule has 2 aromatic rings. The number of aliphatic carboxylic acids is 1. The molecule has 2 rings (SSSR count). The normalized spacial score (nSPS) is 10.0. The zero-order valence-electron chi connectivity index (χ0n) is 9.28. The summed E-state index contributed by atoms with van der Waals surface area (Å²) in [5.74, 6) is -0.129. The number of nitrogens with zero attached hydrogens (tertiary/aromatic N) is 2. The van der Waals surface area contributed by atoms with Gasteiger partial charge in [0.1, 0.15) is 5.75 Å². The molecule has 0 fully saturated rings. The van der Waals surface area contributed by atoms with Crippen LogP contribution in [0.2, 0.25) is 0 Å². The predicted molar refractivity (Wildman–Crippen MR) is 62.3 cm³/mol. The maximum Gasteiger partial charge on any atom is 0.341 e. The van der Waals surface area contributed by atoms with Crippen molar-refractivity contribution < 1.29 is 19.7 Å². The second kappa shape index (κ2) is 5.13. The van der Waals surface area contributed by atoms with Crippen LogP contribution in [0.25, 0.3) is 11.4 Å². The number of aromatic hydroxyl groups is 1. The van der Waals surface area contributed by atoms with Crippen LogP contribution in [0.1, 0.15) is 0 Å². The van der Waals surface area contributed by atoms with Crippen LogP contribution in [0, 0.1) is 0 Å². The van der Waals surface area contributed by atoms with Gasteiger partial charge in [0.25, 0.3) is 0 Å². The molecule has 2 N–H and O–H groups in total. The van der Waals surface area contributed by atoms with E-state index in [-0.39, 0.29) is 5.75 Å². The fourth-order valence-corrected chi connectivity index (χ4v) is 1.30. The standard InChI is InChI=1S/C12H10N2O4/c15-9-3-1-8(2-4-9)12-13-5-10(6-14-12)18-7-11(16)17/h1-6,15H,7H2,(H,16,17). The Morgan fingerprint density at radius 2 is 1.78 bits per heavy atom. The van der Waals surface area contributed by atoms with Crippen LogP contribution in [-0.4, -0.2) is 32.8 Å². The average molecular weight is 246 g/mol. The molecule has 0 amide bonds. The third kappa shape index (κ3) is 2.94. The van der Waals surface area contributed by atoms with Crippen molar-refractivity contribution in [3.63, 3.8) is 0 Å². The number of ether oxygens (including phenoxy) is 1. The van der Waals surface area contributed by atoms with E-state index in [0.717, 1.165) is 5.56 Å². The summed E-state index contributed by atoms with van der Waals surface area (Å²) in [6, 6.07) is 6.44. The maximum absolute atomic E-state index is 10.3. The Hall–Kier alpha value is -2.63. The Morgan fingerprint density at radius 3 is 2.33 bits per heavy atom. The molecule has 1 aromatic heterocycles. The first kappa shape index (κ1) is 11.8. The molecule has 1 heterocycles. The van der Waals surface area contributed by atoms with E-state index < -0.39 is 12.6 Å². The summed E-state index contributed by atoms with van der Waals surface area (Å²) in [6.07, 6.45) is 2.80. The van der Waals surface area contributed by atoms with E-state index in [1.165, 1.54) is 24.5 Å². The van der Waals surface area contributed by atoms with Gasteiger partial charge in [-0.25, -0.2) is 14.8 Å². The Kier molecular flexibility index (Phi) is 3.38. The first-order chi connectivity index (χ1) is 8.65. The van der Waals surface area contributed by atoms with Crippen LogP contribution >= 0.6 is 0 Å². The van der Waals surface area contributed by atoms with Gasteiger partial charge >= 0.3 is 5.97 Å². The number of carboxylic acid groups (broad SMARTS) is 1. The summed E-state index contributed by atoms with van der Waals surface area (Å²) in [5.41, 5.74) is 0.748. The van der Waals surface area contributed by atoms with Crippen molar-refractivity contribution in [1.29, 1.82) is 0 Å². The van der Waals surface area contributed by atoms with Crippen molar-refractivity contribution in [3.8, 4) is 22.9 Å². The van der Waals surface area contributed by atoms with Crippen LogP contribution in [-0.2, 0) is 4.79 Å². The number of hydrogen-bond donors (Lipinski definition) is 2. The van der Waals surface area contributed by atoms with E-state index in [1.54, 1.807) is 12.1 Å². The van der Waals surface area contributed by atoms with E-state index in [4.69, 9.17) is 14.9 Å². The molecule has 6 nitrogen and oxygen atoms in total. The fraction of sp³-hybridized carbons (Fsp3) is 0.0833. The monoisotopic (exact) mass is 246 g/mol. The van der Waals surface area contributed by atoms with Crippen molar-refractivity contribution in [2.45, 2.75) is 0 Å². The lowest BCUT2D eigenvalue weighted by atomic mass is 10.2. The number of rotatable bonds is 4. The number of carboxylic acids is 1. The minimum absolute atomic E-state index is 0.167. The molecular formula is C12H10N2O4. The molecule has 6 heteroatoms. The zero-order valence-corrected chi connectivity index (χ0v) is 9.28. The van der Waals surface area contributed by atoms with Crippen molar-refractivity contribution in [2.24, 2.45) is 0 Å². The minimum Gasteiger partial charge on any atom is -0.508 e. The molecule has 0 aliphatic heterocycles. The number of phenolic OH excluding ortho intramolecular Hbond substituents is 1. The minimum atomic E-state index is -1.06. The average Bonchev–Trinajstić information content (AvgIpc) is 2.38. The smallest absolute Gasteiger partial charge is 0.341 e. The Bertz CT molecular complexity index is 537. The van der Waals surface area contributed by atoms with Crippen LogP contribution in [0.3, 0.4) is 0 Å². The highest BCUT2D eigenvalue weighted by Gasteiger charge is 2.03. The number of carbonyl (C=O) groups is 1. The fourth-order valence-electron chi connectivity index (χ4n) is 1.30. The summed E-state index contributed by atoms with van der Waals surface area (Å²) >= 11 is 0. The summed E-state index contributed by atoms with van der Waals surface area (Å²) in [6.45, 7) is -0.429. The van der Waals surface area contributed by atoms with Gasteiger partial charge in [-0.3, -0.25) is 0 Å². The lowest BCUT2D eigenvalue weighted by Gasteiger charge is -2.03. The van der Waals surface area contributed by atoms with E-state index in [0.29, 0.717) is 11.6 Å². The third-order valence-electron chi connectivity index (χ3n) is 2.12. The molecule has 0 aliphatic carbocycles. The molecular weight excluding hydrogens is 236 g/mol. The molecule has 0 aliphatic rings. The Balaban J connectivity index is 2.12. The number of phenols is 1. The van der Waals surface area contributed by atoms with Crippen LogP contribution < -0.4 is 4.74 Å². The summed E-state index contributed by atoms with van der Waals surface area (Å²) in [5, 5.41) is 17.6. The van der Waals surface area contributed by atoms with E-state index in [9.17, 15) is 4.79 Å². The van der Waals surface area contributed by atoms with E-state index in [2.05, 4.69) is 9.97 Å². The molecule has 0 unspecified atom stereocenters. The molecule has 0 atom stereocenters. The highest BCUT2D eigenvalue weighted by Crippen LogP contribution is 2.19. The van der Waals surface area contributed by atoms with Gasteiger partial charge in [0.15, 0.2) is 18.2 Å².